The van der Waals surface area contributed by atoms with E-state index >= 15 is 0 Å². The average Bonchev–Trinajstić information content (AvgIpc) is 3.35. The summed E-state index contributed by atoms with van der Waals surface area (Å²) < 4.78 is 60.6. The number of benzene rings is 1. The van der Waals surface area contributed by atoms with Crippen LogP contribution < -0.4 is 10.9 Å². The molecule has 10 nitrogen and oxygen atoms in total. The lowest BCUT2D eigenvalue weighted by atomic mass is 10.1. The van der Waals surface area contributed by atoms with Gasteiger partial charge in [0.1, 0.15) is 5.65 Å². The van der Waals surface area contributed by atoms with Gasteiger partial charge in [0.05, 0.1) is 18.4 Å². The van der Waals surface area contributed by atoms with Gasteiger partial charge in [0.2, 0.25) is 16.0 Å². The van der Waals surface area contributed by atoms with Gasteiger partial charge in [0.25, 0.3) is 12.0 Å². The Bertz CT molecular complexity index is 1860. The third kappa shape index (κ3) is 7.45. The molecule has 0 spiro atoms. The lowest BCUT2D eigenvalue weighted by Gasteiger charge is -2.36. The smallest absolute Gasteiger partial charge is 0.269 e. The molecule has 0 bridgehead atoms. The summed E-state index contributed by atoms with van der Waals surface area (Å²) in [5.74, 6) is 0.249. The van der Waals surface area contributed by atoms with E-state index in [4.69, 9.17) is 4.43 Å². The van der Waals surface area contributed by atoms with Crippen molar-refractivity contribution < 1.29 is 21.6 Å². The lowest BCUT2D eigenvalue weighted by molar-refractivity contribution is 0.149. The topological polar surface area (TPSA) is 122 Å². The Morgan fingerprint density at radius 3 is 2.49 bits per heavy atom. The Labute approximate surface area is 263 Å². The number of nitrogens with one attached hydrogen (secondary N) is 2. The van der Waals surface area contributed by atoms with Gasteiger partial charge in [-0.3, -0.25) is 9.36 Å². The highest BCUT2D eigenvalue weighted by Crippen LogP contribution is 2.36. The number of hydrogen-bond donors (Lipinski definition) is 2. The van der Waals surface area contributed by atoms with E-state index in [1.54, 1.807) is 0 Å². The highest BCUT2D eigenvalue weighted by atomic mass is 32.2. The second kappa shape index (κ2) is 12.5. The van der Waals surface area contributed by atoms with Crippen molar-refractivity contribution in [2.45, 2.75) is 77.2 Å². The van der Waals surface area contributed by atoms with E-state index < -0.39 is 35.9 Å². The highest BCUT2D eigenvalue weighted by molar-refractivity contribution is 7.88. The monoisotopic (exact) mass is 660 g/mol. The summed E-state index contributed by atoms with van der Waals surface area (Å²) in [7, 11) is -5.11. The van der Waals surface area contributed by atoms with E-state index in [0.717, 1.165) is 29.0 Å². The second-order valence-corrected chi connectivity index (χ2v) is 20.2. The average molecular weight is 661 g/mol. The van der Waals surface area contributed by atoms with Crippen LogP contribution >= 0.6 is 0 Å². The van der Waals surface area contributed by atoms with E-state index in [1.807, 2.05) is 18.2 Å². The number of anilines is 1. The minimum Gasteiger partial charge on any atom is -0.416 e. The van der Waals surface area contributed by atoms with Crippen LogP contribution in [0, 0.1) is 0 Å². The Morgan fingerprint density at radius 1 is 1.13 bits per heavy atom. The number of H-pyrrole nitrogens is 1. The molecular formula is C31H42F2N6O4SSi. The van der Waals surface area contributed by atoms with Crippen molar-refractivity contribution in [2.24, 2.45) is 0 Å². The summed E-state index contributed by atoms with van der Waals surface area (Å²) in [5.41, 5.74) is 1.48. The van der Waals surface area contributed by atoms with E-state index in [2.05, 4.69) is 60.2 Å². The van der Waals surface area contributed by atoms with Crippen LogP contribution in [-0.2, 0) is 27.4 Å². The molecule has 0 amide bonds. The van der Waals surface area contributed by atoms with Gasteiger partial charge in [0.15, 0.2) is 8.32 Å². The molecule has 244 valence electrons. The van der Waals surface area contributed by atoms with Crippen LogP contribution in [0.15, 0.2) is 41.3 Å². The quantitative estimate of drug-likeness (QED) is 0.211. The van der Waals surface area contributed by atoms with Crippen LogP contribution in [0.4, 0.5) is 14.7 Å². The fourth-order valence-electron chi connectivity index (χ4n) is 5.36. The SMILES string of the molecule is CC(C)(C)[Si](C)(C)OCCc1ccc2[nH]c(Cn3c(=O)c(C(F)F)cc4cnc(NC5CCN(S(C)(=O)=O)CC5)nc43)cc2c1. The number of nitrogens with zero attached hydrogens (tertiary/aromatic N) is 4. The van der Waals surface area contributed by atoms with Crippen molar-refractivity contribution in [1.82, 2.24) is 23.8 Å². The highest BCUT2D eigenvalue weighted by Gasteiger charge is 2.36. The van der Waals surface area contributed by atoms with Crippen LogP contribution in [0.1, 0.15) is 56.9 Å². The van der Waals surface area contributed by atoms with Gasteiger partial charge in [-0.05, 0) is 72.6 Å². The van der Waals surface area contributed by atoms with Gasteiger partial charge in [0, 0.05) is 48.5 Å². The first-order valence-electron chi connectivity index (χ1n) is 15.2. The van der Waals surface area contributed by atoms with Crippen molar-refractivity contribution >= 4 is 46.2 Å². The number of alkyl halides is 2. The molecule has 1 aliphatic heterocycles. The zero-order valence-electron chi connectivity index (χ0n) is 26.7. The molecule has 2 N–H and O–H groups in total. The van der Waals surface area contributed by atoms with Crippen molar-refractivity contribution in [3.05, 3.63) is 63.7 Å². The molecule has 1 aliphatic rings. The summed E-state index contributed by atoms with van der Waals surface area (Å²) in [6.45, 7) is 12.5. The zero-order valence-corrected chi connectivity index (χ0v) is 28.5. The van der Waals surface area contributed by atoms with Crippen molar-refractivity contribution in [3.8, 4) is 0 Å². The molecular weight excluding hydrogens is 619 g/mol. The molecule has 1 saturated heterocycles. The normalized spacial score (nSPS) is 15.8. The Kier molecular flexibility index (Phi) is 9.24. The van der Waals surface area contributed by atoms with Gasteiger partial charge in [-0.2, -0.15) is 4.98 Å². The van der Waals surface area contributed by atoms with Crippen molar-refractivity contribution in [2.75, 3.05) is 31.3 Å². The molecule has 45 heavy (non-hydrogen) atoms. The van der Waals surface area contributed by atoms with Gasteiger partial charge in [-0.1, -0.05) is 26.8 Å². The van der Waals surface area contributed by atoms with E-state index in [1.165, 1.54) is 21.3 Å². The molecule has 0 unspecified atom stereocenters. The maximum atomic E-state index is 13.9. The first kappa shape index (κ1) is 33.2. The molecule has 0 atom stereocenters. The largest absolute Gasteiger partial charge is 0.416 e. The first-order chi connectivity index (χ1) is 21.0. The minimum atomic E-state index is -3.26. The number of aromatic nitrogens is 4. The summed E-state index contributed by atoms with van der Waals surface area (Å²) in [6, 6.07) is 9.11. The zero-order chi connectivity index (χ0) is 32.7. The number of pyridine rings is 1. The van der Waals surface area contributed by atoms with Gasteiger partial charge >= 0.3 is 0 Å². The molecule has 0 saturated carbocycles. The molecule has 4 aromatic rings. The molecule has 4 heterocycles. The second-order valence-electron chi connectivity index (χ2n) is 13.4. The van der Waals surface area contributed by atoms with E-state index in [0.29, 0.717) is 43.6 Å². The van der Waals surface area contributed by atoms with Crippen LogP contribution in [0.2, 0.25) is 18.1 Å². The maximum absolute atomic E-state index is 13.9. The molecule has 0 radical (unpaired) electrons. The van der Waals surface area contributed by atoms with Crippen LogP contribution in [0.5, 0.6) is 0 Å². The number of hydrogen-bond acceptors (Lipinski definition) is 7. The Hall–Kier alpha value is -3.20. The third-order valence-electron chi connectivity index (χ3n) is 9.08. The van der Waals surface area contributed by atoms with Gasteiger partial charge in [-0.25, -0.2) is 26.5 Å². The van der Waals surface area contributed by atoms with Crippen LogP contribution in [0.3, 0.4) is 0 Å². The molecule has 0 aliphatic carbocycles. The van der Waals surface area contributed by atoms with Crippen molar-refractivity contribution in [1.29, 1.82) is 0 Å². The number of halogens is 2. The molecule has 3 aromatic heterocycles. The van der Waals surface area contributed by atoms with Crippen LogP contribution in [0.25, 0.3) is 21.9 Å². The van der Waals surface area contributed by atoms with E-state index in [-0.39, 0.29) is 29.2 Å². The number of fused-ring (bicyclic) bond motifs is 2. The summed E-state index contributed by atoms with van der Waals surface area (Å²) in [4.78, 5) is 25.5. The summed E-state index contributed by atoms with van der Waals surface area (Å²) in [6.07, 6.45) is 1.56. The molecule has 1 fully saturated rings. The maximum Gasteiger partial charge on any atom is 0.269 e. The number of piperidine rings is 1. The van der Waals surface area contributed by atoms with Gasteiger partial charge in [-0.15, -0.1) is 0 Å². The molecule has 14 heteroatoms. The van der Waals surface area contributed by atoms with Crippen LogP contribution in [-0.4, -0.2) is 72.6 Å². The first-order valence-corrected chi connectivity index (χ1v) is 19.9. The predicted octanol–water partition coefficient (Wildman–Crippen LogP) is 5.66. The Balaban J connectivity index is 1.39. The number of aromatic amines is 1. The number of rotatable bonds is 10. The number of sulfonamides is 1. The standard InChI is InChI=1S/C31H42F2N6O4SSi/c1-31(2,3)45(5,6)43-14-11-20-7-8-26-21(15-20)16-24(35-26)19-39-28-22(17-25(27(32)33)29(39)40)18-34-30(37-28)36-23-9-12-38(13-10-23)44(4,41)42/h7-8,15-18,23,27,35H,9-14,19H2,1-6H3,(H,34,36,37). The fourth-order valence-corrected chi connectivity index (χ4v) is 7.28. The Morgan fingerprint density at radius 2 is 1.84 bits per heavy atom. The van der Waals surface area contributed by atoms with Gasteiger partial charge < -0.3 is 14.7 Å². The lowest BCUT2D eigenvalue weighted by Crippen LogP contribution is -2.42. The predicted molar refractivity (Wildman–Crippen MR) is 176 cm³/mol. The minimum absolute atomic E-state index is 0.0115. The summed E-state index contributed by atoms with van der Waals surface area (Å²) in [5, 5.41) is 4.64. The molecule has 5 rings (SSSR count). The molecule has 1 aromatic carbocycles. The fraction of sp³-hybridized carbons (Fsp3) is 0.516. The van der Waals surface area contributed by atoms with E-state index in [9.17, 15) is 22.0 Å². The summed E-state index contributed by atoms with van der Waals surface area (Å²) >= 11 is 0. The van der Waals surface area contributed by atoms with Crippen molar-refractivity contribution in [3.63, 3.8) is 0 Å². The third-order valence-corrected chi connectivity index (χ3v) is 14.9.